The SMILES string of the molecule is O=C(Nc1cnccn1)C(CC1CCCC1)n1ncc2c(S(=O)(=O)C3CC3)cccc21. The van der Waals surface area contributed by atoms with Crippen LogP contribution in [-0.4, -0.2) is 39.3 Å². The summed E-state index contributed by atoms with van der Waals surface area (Å²) in [4.78, 5) is 21.8. The van der Waals surface area contributed by atoms with E-state index < -0.39 is 15.9 Å². The molecule has 5 rings (SSSR count). The van der Waals surface area contributed by atoms with Gasteiger partial charge in [0.1, 0.15) is 6.04 Å². The zero-order valence-corrected chi connectivity index (χ0v) is 18.0. The van der Waals surface area contributed by atoms with Crippen molar-refractivity contribution in [3.05, 3.63) is 43.0 Å². The third-order valence-corrected chi connectivity index (χ3v) is 8.63. The van der Waals surface area contributed by atoms with Crippen LogP contribution in [0.2, 0.25) is 0 Å². The molecule has 2 fully saturated rings. The first-order valence-electron chi connectivity index (χ1n) is 10.8. The number of benzene rings is 1. The zero-order chi connectivity index (χ0) is 21.4. The molecule has 1 N–H and O–H groups in total. The number of fused-ring (bicyclic) bond motifs is 1. The molecule has 1 unspecified atom stereocenters. The maximum absolute atomic E-state index is 13.3. The largest absolute Gasteiger partial charge is 0.308 e. The van der Waals surface area contributed by atoms with Gasteiger partial charge in [-0.2, -0.15) is 5.10 Å². The third kappa shape index (κ3) is 3.94. The van der Waals surface area contributed by atoms with Crippen molar-refractivity contribution in [2.45, 2.75) is 61.1 Å². The normalized spacial score (nSPS) is 18.3. The molecule has 0 spiro atoms. The van der Waals surface area contributed by atoms with Crippen LogP contribution >= 0.6 is 0 Å². The first kappa shape index (κ1) is 20.1. The van der Waals surface area contributed by atoms with E-state index >= 15 is 0 Å². The first-order chi connectivity index (χ1) is 15.0. The fourth-order valence-electron chi connectivity index (χ4n) is 4.55. The molecular formula is C22H25N5O3S. The van der Waals surface area contributed by atoms with Gasteiger partial charge in [-0.25, -0.2) is 13.4 Å². The summed E-state index contributed by atoms with van der Waals surface area (Å²) in [6, 6.07) is 4.67. The number of carbonyl (C=O) groups is 1. The lowest BCUT2D eigenvalue weighted by atomic mass is 9.97. The summed E-state index contributed by atoms with van der Waals surface area (Å²) in [5.74, 6) is 0.612. The van der Waals surface area contributed by atoms with Crippen molar-refractivity contribution in [3.63, 3.8) is 0 Å². The zero-order valence-electron chi connectivity index (χ0n) is 17.1. The smallest absolute Gasteiger partial charge is 0.250 e. The summed E-state index contributed by atoms with van der Waals surface area (Å²) >= 11 is 0. The van der Waals surface area contributed by atoms with E-state index in [1.165, 1.54) is 25.2 Å². The van der Waals surface area contributed by atoms with Crippen molar-refractivity contribution in [1.29, 1.82) is 0 Å². The van der Waals surface area contributed by atoms with Crippen LogP contribution in [0.25, 0.3) is 10.9 Å². The fraction of sp³-hybridized carbons (Fsp3) is 0.455. The Hall–Kier alpha value is -2.81. The van der Waals surface area contributed by atoms with E-state index in [-0.39, 0.29) is 11.2 Å². The lowest BCUT2D eigenvalue weighted by Crippen LogP contribution is -2.28. The minimum atomic E-state index is -3.37. The molecule has 9 heteroatoms. The molecule has 1 amide bonds. The number of amides is 1. The molecule has 2 aliphatic rings. The Morgan fingerprint density at radius 1 is 1.13 bits per heavy atom. The van der Waals surface area contributed by atoms with Gasteiger partial charge in [0.2, 0.25) is 5.91 Å². The molecule has 8 nitrogen and oxygen atoms in total. The van der Waals surface area contributed by atoms with Crippen molar-refractivity contribution in [2.75, 3.05) is 5.32 Å². The Morgan fingerprint density at radius 2 is 1.94 bits per heavy atom. The quantitative estimate of drug-likeness (QED) is 0.604. The molecule has 2 aliphatic carbocycles. The van der Waals surface area contributed by atoms with Gasteiger partial charge in [0.25, 0.3) is 0 Å². The van der Waals surface area contributed by atoms with Crippen molar-refractivity contribution in [3.8, 4) is 0 Å². The van der Waals surface area contributed by atoms with Gasteiger partial charge >= 0.3 is 0 Å². The lowest BCUT2D eigenvalue weighted by molar-refractivity contribution is -0.120. The molecule has 2 heterocycles. The van der Waals surface area contributed by atoms with Crippen molar-refractivity contribution in [1.82, 2.24) is 19.7 Å². The molecule has 0 aliphatic heterocycles. The van der Waals surface area contributed by atoms with Gasteiger partial charge in [-0.05, 0) is 37.3 Å². The highest BCUT2D eigenvalue weighted by Gasteiger charge is 2.38. The van der Waals surface area contributed by atoms with Crippen LogP contribution in [0.4, 0.5) is 5.82 Å². The van der Waals surface area contributed by atoms with Crippen molar-refractivity contribution < 1.29 is 13.2 Å². The average Bonchev–Trinajstić information content (AvgIpc) is 3.36. The fourth-order valence-corrected chi connectivity index (χ4v) is 6.40. The van der Waals surface area contributed by atoms with E-state index in [1.807, 2.05) is 6.07 Å². The summed E-state index contributed by atoms with van der Waals surface area (Å²) in [7, 11) is -3.37. The lowest BCUT2D eigenvalue weighted by Gasteiger charge is -2.21. The first-order valence-corrected chi connectivity index (χ1v) is 12.4. The summed E-state index contributed by atoms with van der Waals surface area (Å²) in [5, 5.41) is 7.65. The second-order valence-electron chi connectivity index (χ2n) is 8.50. The van der Waals surface area contributed by atoms with Crippen LogP contribution in [0.1, 0.15) is 51.0 Å². The van der Waals surface area contributed by atoms with Crippen LogP contribution in [0.3, 0.4) is 0 Å². The highest BCUT2D eigenvalue weighted by Crippen LogP contribution is 2.38. The maximum Gasteiger partial charge on any atom is 0.250 e. The molecule has 2 aromatic heterocycles. The molecular weight excluding hydrogens is 414 g/mol. The number of hydrogen-bond donors (Lipinski definition) is 1. The summed E-state index contributed by atoms with van der Waals surface area (Å²) in [6.45, 7) is 0. The van der Waals surface area contributed by atoms with Crippen LogP contribution < -0.4 is 5.32 Å². The minimum Gasteiger partial charge on any atom is -0.308 e. The summed E-state index contributed by atoms with van der Waals surface area (Å²) < 4.78 is 27.5. The standard InChI is InChI=1S/C22H25N5O3S/c28-22(26-21-14-23-10-11-24-21)19(12-15-4-1-2-5-15)27-18-6-3-7-20(17(18)13-25-27)31(29,30)16-8-9-16/h3,6-7,10-11,13-16,19H,1-2,4-5,8-9,12H2,(H,24,26,28). The molecule has 2 saturated carbocycles. The number of sulfone groups is 1. The third-order valence-electron chi connectivity index (χ3n) is 6.31. The molecule has 0 radical (unpaired) electrons. The van der Waals surface area contributed by atoms with E-state index in [4.69, 9.17) is 0 Å². The Morgan fingerprint density at radius 3 is 2.65 bits per heavy atom. The molecule has 0 bridgehead atoms. The predicted molar refractivity (Wildman–Crippen MR) is 116 cm³/mol. The number of anilines is 1. The minimum absolute atomic E-state index is 0.215. The molecule has 31 heavy (non-hydrogen) atoms. The van der Waals surface area contributed by atoms with Crippen molar-refractivity contribution >= 4 is 32.5 Å². The van der Waals surface area contributed by atoms with Gasteiger partial charge in [0.15, 0.2) is 15.7 Å². The number of nitrogens with zero attached hydrogens (tertiary/aromatic N) is 4. The van der Waals surface area contributed by atoms with E-state index in [0.29, 0.717) is 46.8 Å². The number of nitrogens with one attached hydrogen (secondary N) is 1. The topological polar surface area (TPSA) is 107 Å². The van der Waals surface area contributed by atoms with E-state index in [2.05, 4.69) is 20.4 Å². The van der Waals surface area contributed by atoms with E-state index in [9.17, 15) is 13.2 Å². The van der Waals surface area contributed by atoms with Crippen LogP contribution in [0.15, 0.2) is 47.9 Å². The number of aromatic nitrogens is 4. The second-order valence-corrected chi connectivity index (χ2v) is 10.7. The molecule has 3 aromatic rings. The van der Waals surface area contributed by atoms with Gasteiger partial charge in [0, 0.05) is 17.8 Å². The van der Waals surface area contributed by atoms with Gasteiger partial charge in [0.05, 0.1) is 28.1 Å². The number of carbonyl (C=O) groups excluding carboxylic acids is 1. The molecule has 1 aromatic carbocycles. The number of rotatable bonds is 7. The Bertz CT molecular complexity index is 1200. The Kier molecular flexibility index (Phi) is 5.21. The predicted octanol–water partition coefficient (Wildman–Crippen LogP) is 3.52. The van der Waals surface area contributed by atoms with Gasteiger partial charge in [-0.15, -0.1) is 0 Å². The number of hydrogen-bond acceptors (Lipinski definition) is 6. The molecule has 0 saturated heterocycles. The van der Waals surface area contributed by atoms with Gasteiger partial charge < -0.3 is 5.32 Å². The average molecular weight is 440 g/mol. The highest BCUT2D eigenvalue weighted by molar-refractivity contribution is 7.92. The van der Waals surface area contributed by atoms with Gasteiger partial charge in [-0.1, -0.05) is 31.7 Å². The summed E-state index contributed by atoms with van der Waals surface area (Å²) in [5.41, 5.74) is 0.666. The maximum atomic E-state index is 13.3. The monoisotopic (exact) mass is 439 g/mol. The molecule has 1 atom stereocenters. The van der Waals surface area contributed by atoms with Crippen molar-refractivity contribution in [2.24, 2.45) is 5.92 Å². The van der Waals surface area contributed by atoms with Crippen LogP contribution in [-0.2, 0) is 14.6 Å². The highest BCUT2D eigenvalue weighted by atomic mass is 32.2. The summed E-state index contributed by atoms with van der Waals surface area (Å²) in [6.07, 6.45) is 12.8. The van der Waals surface area contributed by atoms with Crippen LogP contribution in [0, 0.1) is 5.92 Å². The Balaban J connectivity index is 1.53. The van der Waals surface area contributed by atoms with E-state index in [0.717, 1.165) is 12.8 Å². The van der Waals surface area contributed by atoms with Gasteiger partial charge in [-0.3, -0.25) is 14.5 Å². The molecule has 162 valence electrons. The Labute approximate surface area is 181 Å². The van der Waals surface area contributed by atoms with Crippen LogP contribution in [0.5, 0.6) is 0 Å². The second kappa shape index (κ2) is 8.03. The van der Waals surface area contributed by atoms with E-state index in [1.54, 1.807) is 29.2 Å².